The second-order valence-corrected chi connectivity index (χ2v) is 4.21. The van der Waals surface area contributed by atoms with Gasteiger partial charge >= 0.3 is 5.97 Å². The molecule has 1 heterocycles. The average Bonchev–Trinajstić information content (AvgIpc) is 2.59. The molecule has 0 radical (unpaired) electrons. The van der Waals surface area contributed by atoms with Crippen LogP contribution < -0.4 is 0 Å². The zero-order chi connectivity index (χ0) is 11.0. The van der Waals surface area contributed by atoms with Gasteiger partial charge in [0.1, 0.15) is 5.82 Å². The minimum Gasteiger partial charge on any atom is -0.481 e. The molecule has 1 aromatic rings. The largest absolute Gasteiger partial charge is 0.481 e. The summed E-state index contributed by atoms with van der Waals surface area (Å²) in [5.41, 5.74) is 1.72. The maximum absolute atomic E-state index is 10.9. The molecule has 0 aliphatic heterocycles. The lowest BCUT2D eigenvalue weighted by Gasteiger charge is -2.07. The number of aryl methyl sites for hydroxylation is 1. The molecule has 4 heteroatoms. The van der Waals surface area contributed by atoms with Crippen LogP contribution in [0.1, 0.15) is 49.2 Å². The Morgan fingerprint density at radius 3 is 2.93 bits per heavy atom. The summed E-state index contributed by atoms with van der Waals surface area (Å²) in [6.45, 7) is 4.07. The van der Waals surface area contributed by atoms with Crippen LogP contribution in [-0.4, -0.2) is 21.0 Å². The third-order valence-corrected chi connectivity index (χ3v) is 2.78. The third-order valence-electron chi connectivity index (χ3n) is 2.78. The van der Waals surface area contributed by atoms with Crippen LogP contribution in [0.4, 0.5) is 0 Å². The lowest BCUT2D eigenvalue weighted by atomic mass is 10.1. The molecule has 2 rings (SSSR count). The highest BCUT2D eigenvalue weighted by atomic mass is 16.4. The predicted octanol–water partition coefficient (Wildman–Crippen LogP) is 1.71. The molecule has 80 valence electrons. The molecule has 1 aliphatic rings. The molecule has 4 nitrogen and oxygen atoms in total. The van der Waals surface area contributed by atoms with Crippen molar-refractivity contribution in [2.75, 3.05) is 0 Å². The number of carboxylic acids is 1. The van der Waals surface area contributed by atoms with Gasteiger partial charge in [0.05, 0.1) is 5.92 Å². The number of nitrogens with zero attached hydrogens (tertiary/aromatic N) is 2. The molecule has 1 aliphatic carbocycles. The van der Waals surface area contributed by atoms with Gasteiger partial charge in [-0.3, -0.25) is 4.79 Å². The molecule has 0 fully saturated rings. The van der Waals surface area contributed by atoms with Crippen molar-refractivity contribution in [3.8, 4) is 0 Å². The highest BCUT2D eigenvalue weighted by Crippen LogP contribution is 2.31. The molecule has 0 saturated carbocycles. The monoisotopic (exact) mass is 206 g/mol. The van der Waals surface area contributed by atoms with E-state index >= 15 is 0 Å². The fourth-order valence-electron chi connectivity index (χ4n) is 1.90. The molecule has 0 spiro atoms. The number of fused-ring (bicyclic) bond motifs is 1. The van der Waals surface area contributed by atoms with Gasteiger partial charge in [0.2, 0.25) is 0 Å². The fourth-order valence-corrected chi connectivity index (χ4v) is 1.90. The van der Waals surface area contributed by atoms with Crippen molar-refractivity contribution >= 4 is 5.97 Å². The van der Waals surface area contributed by atoms with Crippen LogP contribution in [-0.2, 0) is 11.2 Å². The van der Waals surface area contributed by atoms with Crippen molar-refractivity contribution in [1.29, 1.82) is 0 Å². The van der Waals surface area contributed by atoms with Gasteiger partial charge in [0.15, 0.2) is 0 Å². The van der Waals surface area contributed by atoms with Crippen molar-refractivity contribution in [3.63, 3.8) is 0 Å². The summed E-state index contributed by atoms with van der Waals surface area (Å²) in [4.78, 5) is 19.5. The average molecular weight is 206 g/mol. The van der Waals surface area contributed by atoms with Gasteiger partial charge in [-0.1, -0.05) is 13.8 Å². The summed E-state index contributed by atoms with van der Waals surface area (Å²) in [6, 6.07) is 0. The smallest absolute Gasteiger partial charge is 0.311 e. The van der Waals surface area contributed by atoms with E-state index in [1.807, 2.05) is 13.8 Å². The molecule has 1 N–H and O–H groups in total. The highest BCUT2D eigenvalue weighted by molar-refractivity contribution is 5.77. The van der Waals surface area contributed by atoms with Crippen LogP contribution in [0.3, 0.4) is 0 Å². The fraction of sp³-hybridized carbons (Fsp3) is 0.545. The standard InChI is InChI=1S/C11H14N2O2/c1-6(2)10-12-5-8-7(11(14)15)3-4-9(8)13-10/h5-7H,3-4H2,1-2H3,(H,14,15). The van der Waals surface area contributed by atoms with E-state index in [1.54, 1.807) is 6.20 Å². The topological polar surface area (TPSA) is 63.1 Å². The molecular formula is C11H14N2O2. The second-order valence-electron chi connectivity index (χ2n) is 4.21. The lowest BCUT2D eigenvalue weighted by Crippen LogP contribution is -2.09. The van der Waals surface area contributed by atoms with Crippen LogP contribution in [0.15, 0.2) is 6.20 Å². The van der Waals surface area contributed by atoms with Gasteiger partial charge in [-0.25, -0.2) is 9.97 Å². The number of aromatic nitrogens is 2. The maximum atomic E-state index is 10.9. The van der Waals surface area contributed by atoms with E-state index in [0.29, 0.717) is 12.3 Å². The van der Waals surface area contributed by atoms with Crippen molar-refractivity contribution in [2.45, 2.75) is 38.5 Å². The molecule has 0 saturated heterocycles. The van der Waals surface area contributed by atoms with E-state index in [4.69, 9.17) is 5.11 Å². The van der Waals surface area contributed by atoms with Crippen LogP contribution in [0.25, 0.3) is 0 Å². The van der Waals surface area contributed by atoms with Crippen molar-refractivity contribution in [3.05, 3.63) is 23.3 Å². The number of carboxylic acid groups (broad SMARTS) is 1. The first kappa shape index (κ1) is 10.1. The van der Waals surface area contributed by atoms with Crippen molar-refractivity contribution < 1.29 is 9.90 Å². The number of hydrogen-bond donors (Lipinski definition) is 1. The number of rotatable bonds is 2. The minimum absolute atomic E-state index is 0.291. The Kier molecular flexibility index (Phi) is 2.42. The Morgan fingerprint density at radius 1 is 1.60 bits per heavy atom. The first-order chi connectivity index (χ1) is 7.09. The summed E-state index contributed by atoms with van der Waals surface area (Å²) in [5.74, 6) is -0.0742. The zero-order valence-electron chi connectivity index (χ0n) is 8.90. The van der Waals surface area contributed by atoms with Crippen molar-refractivity contribution in [2.24, 2.45) is 0 Å². The van der Waals surface area contributed by atoms with Crippen molar-refractivity contribution in [1.82, 2.24) is 9.97 Å². The van der Waals surface area contributed by atoms with E-state index in [0.717, 1.165) is 23.5 Å². The summed E-state index contributed by atoms with van der Waals surface area (Å²) in [7, 11) is 0. The zero-order valence-corrected chi connectivity index (χ0v) is 8.90. The van der Waals surface area contributed by atoms with E-state index in [2.05, 4.69) is 9.97 Å². The van der Waals surface area contributed by atoms with Crippen LogP contribution in [0.5, 0.6) is 0 Å². The molecule has 1 unspecified atom stereocenters. The first-order valence-electron chi connectivity index (χ1n) is 5.18. The quantitative estimate of drug-likeness (QED) is 0.800. The van der Waals surface area contributed by atoms with E-state index in [9.17, 15) is 4.79 Å². The SMILES string of the molecule is CC(C)c1ncc2c(n1)CCC2C(=O)O. The van der Waals surface area contributed by atoms with Crippen LogP contribution >= 0.6 is 0 Å². The maximum Gasteiger partial charge on any atom is 0.311 e. The first-order valence-corrected chi connectivity index (χ1v) is 5.18. The number of hydrogen-bond acceptors (Lipinski definition) is 3. The Hall–Kier alpha value is -1.45. The normalized spacial score (nSPS) is 19.3. The molecule has 0 aromatic carbocycles. The molecule has 1 aromatic heterocycles. The molecular weight excluding hydrogens is 192 g/mol. The Bertz CT molecular complexity index is 402. The van der Waals surface area contributed by atoms with Gasteiger partial charge in [-0.15, -0.1) is 0 Å². The van der Waals surface area contributed by atoms with Crippen LogP contribution in [0.2, 0.25) is 0 Å². The van der Waals surface area contributed by atoms with Gasteiger partial charge < -0.3 is 5.11 Å². The molecule has 0 bridgehead atoms. The van der Waals surface area contributed by atoms with E-state index in [-0.39, 0.29) is 0 Å². The second kappa shape index (κ2) is 3.61. The molecule has 15 heavy (non-hydrogen) atoms. The summed E-state index contributed by atoms with van der Waals surface area (Å²) in [6.07, 6.45) is 3.10. The highest BCUT2D eigenvalue weighted by Gasteiger charge is 2.30. The summed E-state index contributed by atoms with van der Waals surface area (Å²) in [5, 5.41) is 8.98. The Morgan fingerprint density at radius 2 is 2.33 bits per heavy atom. The third kappa shape index (κ3) is 1.71. The summed E-state index contributed by atoms with van der Waals surface area (Å²) >= 11 is 0. The minimum atomic E-state index is -0.769. The van der Waals surface area contributed by atoms with Gasteiger partial charge in [-0.05, 0) is 12.8 Å². The Labute approximate surface area is 88.4 Å². The molecule has 1 atom stereocenters. The predicted molar refractivity (Wildman–Crippen MR) is 54.8 cm³/mol. The molecule has 0 amide bonds. The van der Waals surface area contributed by atoms with E-state index in [1.165, 1.54) is 0 Å². The van der Waals surface area contributed by atoms with Gasteiger partial charge in [0.25, 0.3) is 0 Å². The van der Waals surface area contributed by atoms with Gasteiger partial charge in [0, 0.05) is 23.4 Å². The van der Waals surface area contributed by atoms with Gasteiger partial charge in [-0.2, -0.15) is 0 Å². The van der Waals surface area contributed by atoms with E-state index < -0.39 is 11.9 Å². The summed E-state index contributed by atoms with van der Waals surface area (Å²) < 4.78 is 0. The lowest BCUT2D eigenvalue weighted by molar-refractivity contribution is -0.138. The number of carbonyl (C=O) groups is 1. The Balaban J connectivity index is 2.37. The van der Waals surface area contributed by atoms with Crippen LogP contribution in [0, 0.1) is 0 Å². The number of aliphatic carboxylic acids is 1.